The van der Waals surface area contributed by atoms with E-state index in [1.54, 1.807) is 0 Å². The molecule has 0 saturated heterocycles. The van der Waals surface area contributed by atoms with E-state index >= 15 is 0 Å². The molecule has 138 valence electrons. The van der Waals surface area contributed by atoms with Crippen molar-refractivity contribution in [3.8, 4) is 11.5 Å². The molecule has 0 heterocycles. The van der Waals surface area contributed by atoms with Gasteiger partial charge in [0.05, 0.1) is 13.2 Å². The van der Waals surface area contributed by atoms with Crippen molar-refractivity contribution in [2.45, 2.75) is 52.9 Å². The summed E-state index contributed by atoms with van der Waals surface area (Å²) in [6.45, 7) is 12.5. The largest absolute Gasteiger partial charge is 0.492 e. The van der Waals surface area contributed by atoms with Crippen LogP contribution >= 0.6 is 0 Å². The third-order valence-electron chi connectivity index (χ3n) is 4.69. The van der Waals surface area contributed by atoms with E-state index in [-0.39, 0.29) is 5.41 Å². The summed E-state index contributed by atoms with van der Waals surface area (Å²) >= 11 is 0. The van der Waals surface area contributed by atoms with Crippen molar-refractivity contribution in [2.75, 3.05) is 13.2 Å². The average molecular weight is 351 g/mol. The lowest BCUT2D eigenvalue weighted by Gasteiger charge is -2.22. The highest BCUT2D eigenvalue weighted by molar-refractivity contribution is 6.11. The zero-order valence-electron chi connectivity index (χ0n) is 16.7. The molecule has 3 rings (SSSR count). The Morgan fingerprint density at radius 2 is 1.19 bits per heavy atom. The molecule has 0 aliphatic rings. The Labute approximate surface area is 157 Å². The van der Waals surface area contributed by atoms with E-state index in [1.165, 1.54) is 5.56 Å². The van der Waals surface area contributed by atoms with Crippen molar-refractivity contribution in [2.24, 2.45) is 0 Å². The smallest absolute Gasteiger partial charge is 0.135 e. The molecule has 0 fully saturated rings. The van der Waals surface area contributed by atoms with Crippen LogP contribution in [0, 0.1) is 0 Å². The summed E-state index contributed by atoms with van der Waals surface area (Å²) in [6, 6.07) is 15.1. The first-order valence-corrected chi connectivity index (χ1v) is 9.72. The van der Waals surface area contributed by atoms with E-state index in [4.69, 9.17) is 9.47 Å². The van der Waals surface area contributed by atoms with Crippen molar-refractivity contribution in [3.05, 3.63) is 48.0 Å². The van der Waals surface area contributed by atoms with Crippen LogP contribution in [-0.4, -0.2) is 13.2 Å². The molecule has 3 aromatic rings. The maximum Gasteiger partial charge on any atom is 0.135 e. The van der Waals surface area contributed by atoms with Gasteiger partial charge < -0.3 is 9.47 Å². The van der Waals surface area contributed by atoms with Crippen molar-refractivity contribution >= 4 is 21.5 Å². The van der Waals surface area contributed by atoms with Gasteiger partial charge in [0.25, 0.3) is 0 Å². The fraction of sp³-hybridized carbons (Fsp3) is 0.417. The SMILES string of the molecule is CCCOc1c2ccccc2c(OCCC)c2cc(C(C)(C)C)ccc12. The summed E-state index contributed by atoms with van der Waals surface area (Å²) in [4.78, 5) is 0. The van der Waals surface area contributed by atoms with Gasteiger partial charge in [0, 0.05) is 21.5 Å². The Kier molecular flexibility index (Phi) is 5.41. The fourth-order valence-electron chi connectivity index (χ4n) is 3.29. The average Bonchev–Trinajstić information content (AvgIpc) is 2.63. The van der Waals surface area contributed by atoms with Crippen molar-refractivity contribution in [1.29, 1.82) is 0 Å². The maximum atomic E-state index is 6.25. The van der Waals surface area contributed by atoms with E-state index in [0.717, 1.165) is 52.5 Å². The normalized spacial score (nSPS) is 11.9. The molecule has 0 unspecified atom stereocenters. The van der Waals surface area contributed by atoms with Gasteiger partial charge in [-0.3, -0.25) is 0 Å². The summed E-state index contributed by atoms with van der Waals surface area (Å²) < 4.78 is 12.5. The van der Waals surface area contributed by atoms with Crippen LogP contribution in [0.1, 0.15) is 53.0 Å². The number of fused-ring (bicyclic) bond motifs is 2. The molecule has 0 saturated carbocycles. The predicted molar refractivity (Wildman–Crippen MR) is 112 cm³/mol. The summed E-state index contributed by atoms with van der Waals surface area (Å²) in [5, 5.41) is 4.54. The minimum atomic E-state index is 0.0896. The van der Waals surface area contributed by atoms with E-state index in [2.05, 4.69) is 77.1 Å². The predicted octanol–water partition coefficient (Wildman–Crippen LogP) is 6.87. The van der Waals surface area contributed by atoms with E-state index in [1.807, 2.05) is 0 Å². The second kappa shape index (κ2) is 7.57. The molecule has 0 radical (unpaired) electrons. The minimum absolute atomic E-state index is 0.0896. The number of hydrogen-bond acceptors (Lipinski definition) is 2. The van der Waals surface area contributed by atoms with Gasteiger partial charge >= 0.3 is 0 Å². The molecule has 3 aromatic carbocycles. The van der Waals surface area contributed by atoms with Gasteiger partial charge in [-0.1, -0.05) is 71.0 Å². The van der Waals surface area contributed by atoms with Crippen LogP contribution < -0.4 is 9.47 Å². The third kappa shape index (κ3) is 3.51. The Morgan fingerprint density at radius 3 is 1.69 bits per heavy atom. The lowest BCUT2D eigenvalue weighted by Crippen LogP contribution is -2.11. The van der Waals surface area contributed by atoms with Crippen LogP contribution in [-0.2, 0) is 5.41 Å². The first-order valence-electron chi connectivity index (χ1n) is 9.72. The molecule has 0 spiro atoms. The molecule has 2 heteroatoms. The maximum absolute atomic E-state index is 6.25. The van der Waals surface area contributed by atoms with Crippen LogP contribution in [0.15, 0.2) is 42.5 Å². The highest BCUT2D eigenvalue weighted by Crippen LogP contribution is 2.44. The van der Waals surface area contributed by atoms with Gasteiger partial charge in [-0.05, 0) is 29.9 Å². The number of ether oxygens (including phenoxy) is 2. The van der Waals surface area contributed by atoms with Crippen LogP contribution in [0.4, 0.5) is 0 Å². The number of benzene rings is 3. The topological polar surface area (TPSA) is 18.5 Å². The van der Waals surface area contributed by atoms with E-state index < -0.39 is 0 Å². The molecule has 0 N–H and O–H groups in total. The van der Waals surface area contributed by atoms with Crippen LogP contribution in [0.5, 0.6) is 11.5 Å². The van der Waals surface area contributed by atoms with E-state index in [9.17, 15) is 0 Å². The Hall–Kier alpha value is -2.22. The molecule has 0 aliphatic heterocycles. The van der Waals surface area contributed by atoms with Gasteiger partial charge in [-0.25, -0.2) is 0 Å². The summed E-state index contributed by atoms with van der Waals surface area (Å²) in [5.41, 5.74) is 1.40. The van der Waals surface area contributed by atoms with Gasteiger partial charge in [-0.15, -0.1) is 0 Å². The minimum Gasteiger partial charge on any atom is -0.492 e. The summed E-state index contributed by atoms with van der Waals surface area (Å²) in [6.07, 6.45) is 1.98. The van der Waals surface area contributed by atoms with Gasteiger partial charge in [0.2, 0.25) is 0 Å². The highest BCUT2D eigenvalue weighted by atomic mass is 16.5. The lowest BCUT2D eigenvalue weighted by molar-refractivity contribution is 0.319. The summed E-state index contributed by atoms with van der Waals surface area (Å²) in [7, 11) is 0. The van der Waals surface area contributed by atoms with E-state index in [0.29, 0.717) is 6.61 Å². The fourth-order valence-corrected chi connectivity index (χ4v) is 3.29. The molecule has 0 bridgehead atoms. The molecular formula is C24H30O2. The molecule has 0 aliphatic carbocycles. The third-order valence-corrected chi connectivity index (χ3v) is 4.69. The molecule has 0 amide bonds. The molecule has 0 aromatic heterocycles. The Bertz CT molecular complexity index is 903. The second-order valence-corrected chi connectivity index (χ2v) is 7.91. The van der Waals surface area contributed by atoms with Crippen molar-refractivity contribution < 1.29 is 9.47 Å². The molecule has 0 atom stereocenters. The zero-order chi connectivity index (χ0) is 18.7. The standard InChI is InChI=1S/C24H30O2/c1-6-14-25-22-18-10-8-9-11-19(18)23(26-15-7-2)21-16-17(24(3,4)5)12-13-20(21)22/h8-13,16H,6-7,14-15H2,1-5H3. The molecular weight excluding hydrogens is 320 g/mol. The lowest BCUT2D eigenvalue weighted by atomic mass is 9.85. The quantitative estimate of drug-likeness (QED) is 0.452. The van der Waals surface area contributed by atoms with Gasteiger partial charge in [0.15, 0.2) is 0 Å². The summed E-state index contributed by atoms with van der Waals surface area (Å²) in [5.74, 6) is 1.95. The van der Waals surface area contributed by atoms with Crippen LogP contribution in [0.25, 0.3) is 21.5 Å². The van der Waals surface area contributed by atoms with Crippen LogP contribution in [0.3, 0.4) is 0 Å². The number of rotatable bonds is 6. The zero-order valence-corrected chi connectivity index (χ0v) is 16.7. The Morgan fingerprint density at radius 1 is 0.692 bits per heavy atom. The Balaban J connectivity index is 2.37. The van der Waals surface area contributed by atoms with Crippen molar-refractivity contribution in [1.82, 2.24) is 0 Å². The molecule has 26 heavy (non-hydrogen) atoms. The number of hydrogen-bond donors (Lipinski definition) is 0. The van der Waals surface area contributed by atoms with Crippen molar-refractivity contribution in [3.63, 3.8) is 0 Å². The first kappa shape index (κ1) is 18.6. The van der Waals surface area contributed by atoms with Gasteiger partial charge in [0.1, 0.15) is 11.5 Å². The first-order chi connectivity index (χ1) is 12.5. The van der Waals surface area contributed by atoms with Crippen LogP contribution in [0.2, 0.25) is 0 Å². The van der Waals surface area contributed by atoms with Gasteiger partial charge in [-0.2, -0.15) is 0 Å². The monoisotopic (exact) mass is 350 g/mol. The molecule has 2 nitrogen and oxygen atoms in total. The second-order valence-electron chi connectivity index (χ2n) is 7.91. The highest BCUT2D eigenvalue weighted by Gasteiger charge is 2.20.